The molecular weight excluding hydrogens is 448 g/mol. The highest BCUT2D eigenvalue weighted by molar-refractivity contribution is 6.05. The molecule has 10 nitrogen and oxygen atoms in total. The van der Waals surface area contributed by atoms with Gasteiger partial charge in [0, 0.05) is 0 Å². The Labute approximate surface area is 199 Å². The van der Waals surface area contributed by atoms with Crippen LogP contribution in [0.15, 0.2) is 77.6 Å². The van der Waals surface area contributed by atoms with Gasteiger partial charge in [-0.25, -0.2) is 14.6 Å². The zero-order chi connectivity index (χ0) is 24.4. The number of benzene rings is 2. The minimum absolute atomic E-state index is 0.175. The molecule has 10 heteroatoms. The van der Waals surface area contributed by atoms with E-state index in [0.717, 1.165) is 11.1 Å². The van der Waals surface area contributed by atoms with E-state index in [1.165, 1.54) is 0 Å². The first-order valence-electron chi connectivity index (χ1n) is 11.1. The Kier molecular flexibility index (Phi) is 5.84. The van der Waals surface area contributed by atoms with Crippen molar-refractivity contribution in [1.29, 1.82) is 0 Å². The summed E-state index contributed by atoms with van der Waals surface area (Å²) in [6, 6.07) is 20.8. The number of carbonyl (C=O) groups excluding carboxylic acids is 3. The van der Waals surface area contributed by atoms with Gasteiger partial charge in [0.1, 0.15) is 11.9 Å². The molecule has 0 radical (unpaired) electrons. The third-order valence-electron chi connectivity index (χ3n) is 5.75. The fraction of sp³-hybridized carbons (Fsp3) is 0.160. The number of carbonyl (C=O) groups is 3. The third-order valence-corrected chi connectivity index (χ3v) is 5.75. The number of nitrogens with one attached hydrogen (secondary N) is 3. The molecule has 0 saturated carbocycles. The average Bonchev–Trinajstić information content (AvgIpc) is 3.10. The van der Waals surface area contributed by atoms with E-state index in [0.29, 0.717) is 24.3 Å². The molecule has 2 aromatic carbocycles. The fourth-order valence-electron chi connectivity index (χ4n) is 4.07. The van der Waals surface area contributed by atoms with E-state index in [2.05, 4.69) is 20.9 Å². The number of imidazole rings is 1. The second-order valence-electron chi connectivity index (χ2n) is 8.23. The van der Waals surface area contributed by atoms with Gasteiger partial charge in [-0.2, -0.15) is 0 Å². The zero-order valence-corrected chi connectivity index (χ0v) is 18.6. The second kappa shape index (κ2) is 9.26. The average molecular weight is 470 g/mol. The Hall–Kier alpha value is -4.73. The van der Waals surface area contributed by atoms with Gasteiger partial charge in [-0.1, -0.05) is 60.7 Å². The monoisotopic (exact) mass is 470 g/mol. The standard InChI is InChI=1S/C25H22N6O4/c32-21-13-18(26-24(34)29-21)23(33)28-20-12-11-19-22(27-20)31(15-17-9-5-2-6-10-17)25(35)30(19)14-16-7-3-1-4-8-16/h1-12,18H,13-15H2,(H,27,28,33)(H2,26,29,32,34)/t18-/m0/s1. The normalized spacial score (nSPS) is 15.5. The lowest BCUT2D eigenvalue weighted by Crippen LogP contribution is -2.56. The van der Waals surface area contributed by atoms with E-state index < -0.39 is 23.9 Å². The zero-order valence-electron chi connectivity index (χ0n) is 18.6. The van der Waals surface area contributed by atoms with Crippen LogP contribution in [0.2, 0.25) is 0 Å². The topological polar surface area (TPSA) is 127 Å². The van der Waals surface area contributed by atoms with Crippen LogP contribution in [0, 0.1) is 0 Å². The smallest absolute Gasteiger partial charge is 0.325 e. The number of pyridine rings is 1. The van der Waals surface area contributed by atoms with E-state index in [4.69, 9.17) is 0 Å². The van der Waals surface area contributed by atoms with Crippen LogP contribution in [0.3, 0.4) is 0 Å². The summed E-state index contributed by atoms with van der Waals surface area (Å²) in [5.41, 5.74) is 2.72. The number of anilines is 1. The van der Waals surface area contributed by atoms with Crippen molar-refractivity contribution < 1.29 is 14.4 Å². The molecule has 0 bridgehead atoms. The van der Waals surface area contributed by atoms with Crippen LogP contribution in [0.1, 0.15) is 17.5 Å². The number of amides is 4. The van der Waals surface area contributed by atoms with Crippen molar-refractivity contribution in [3.05, 3.63) is 94.4 Å². The lowest BCUT2D eigenvalue weighted by atomic mass is 10.1. The summed E-state index contributed by atoms with van der Waals surface area (Å²) in [7, 11) is 0. The first-order valence-corrected chi connectivity index (χ1v) is 11.1. The summed E-state index contributed by atoms with van der Waals surface area (Å²) in [5, 5.41) is 7.15. The van der Waals surface area contributed by atoms with Crippen molar-refractivity contribution in [1.82, 2.24) is 24.8 Å². The van der Waals surface area contributed by atoms with Gasteiger partial charge in [-0.15, -0.1) is 0 Å². The van der Waals surface area contributed by atoms with E-state index in [1.54, 1.807) is 21.3 Å². The third kappa shape index (κ3) is 4.67. The van der Waals surface area contributed by atoms with Crippen LogP contribution >= 0.6 is 0 Å². The molecule has 0 unspecified atom stereocenters. The number of fused-ring (bicyclic) bond motifs is 1. The van der Waals surface area contributed by atoms with E-state index in [-0.39, 0.29) is 17.9 Å². The molecule has 1 saturated heterocycles. The van der Waals surface area contributed by atoms with Gasteiger partial charge in [0.15, 0.2) is 5.65 Å². The second-order valence-corrected chi connectivity index (χ2v) is 8.23. The molecule has 1 fully saturated rings. The van der Waals surface area contributed by atoms with Crippen molar-refractivity contribution in [3.8, 4) is 0 Å². The largest absolute Gasteiger partial charge is 0.330 e. The summed E-state index contributed by atoms with van der Waals surface area (Å²) in [6.45, 7) is 0.676. The molecule has 35 heavy (non-hydrogen) atoms. The number of hydrogen-bond acceptors (Lipinski definition) is 5. The molecule has 4 amide bonds. The van der Waals surface area contributed by atoms with Crippen molar-refractivity contribution >= 4 is 34.8 Å². The van der Waals surface area contributed by atoms with Gasteiger partial charge < -0.3 is 10.6 Å². The quantitative estimate of drug-likeness (QED) is 0.396. The number of aromatic nitrogens is 3. The predicted octanol–water partition coefficient (Wildman–Crippen LogP) is 1.83. The van der Waals surface area contributed by atoms with Gasteiger partial charge in [0.25, 0.3) is 0 Å². The number of imide groups is 1. The molecule has 0 spiro atoms. The molecule has 4 aromatic rings. The molecule has 3 heterocycles. The van der Waals surface area contributed by atoms with Crippen LogP contribution in [0.25, 0.3) is 11.2 Å². The molecule has 176 valence electrons. The molecule has 3 N–H and O–H groups in total. The van der Waals surface area contributed by atoms with Crippen molar-refractivity contribution in [3.63, 3.8) is 0 Å². The van der Waals surface area contributed by atoms with Crippen LogP contribution in [-0.4, -0.2) is 38.0 Å². The lowest BCUT2D eigenvalue weighted by Gasteiger charge is -2.22. The van der Waals surface area contributed by atoms with Gasteiger partial charge in [-0.3, -0.25) is 24.0 Å². The molecule has 0 aliphatic carbocycles. The van der Waals surface area contributed by atoms with Gasteiger partial charge in [0.2, 0.25) is 11.8 Å². The highest BCUT2D eigenvalue weighted by Crippen LogP contribution is 2.18. The summed E-state index contributed by atoms with van der Waals surface area (Å²) >= 11 is 0. The summed E-state index contributed by atoms with van der Waals surface area (Å²) < 4.78 is 3.22. The minimum atomic E-state index is -1.01. The Morgan fingerprint density at radius 2 is 1.51 bits per heavy atom. The Bertz CT molecular complexity index is 1460. The van der Waals surface area contributed by atoms with Crippen molar-refractivity contribution in [2.75, 3.05) is 5.32 Å². The lowest BCUT2D eigenvalue weighted by molar-refractivity contribution is -0.126. The van der Waals surface area contributed by atoms with E-state index in [9.17, 15) is 19.2 Å². The van der Waals surface area contributed by atoms with Crippen LogP contribution in [-0.2, 0) is 22.7 Å². The fourth-order valence-corrected chi connectivity index (χ4v) is 4.07. The number of nitrogens with zero attached hydrogens (tertiary/aromatic N) is 3. The molecule has 5 rings (SSSR count). The number of urea groups is 1. The van der Waals surface area contributed by atoms with Crippen LogP contribution < -0.4 is 21.6 Å². The van der Waals surface area contributed by atoms with Gasteiger partial charge >= 0.3 is 11.7 Å². The summed E-state index contributed by atoms with van der Waals surface area (Å²) in [5.74, 6) is -0.894. The van der Waals surface area contributed by atoms with Crippen LogP contribution in [0.5, 0.6) is 0 Å². The van der Waals surface area contributed by atoms with Gasteiger partial charge in [0.05, 0.1) is 25.0 Å². The Morgan fingerprint density at radius 1 is 0.886 bits per heavy atom. The minimum Gasteiger partial charge on any atom is -0.325 e. The highest BCUT2D eigenvalue weighted by atomic mass is 16.2. The SMILES string of the molecule is O=C1C[C@@H](C(=O)Nc2ccc3c(n2)n(Cc2ccccc2)c(=O)n3Cc2ccccc2)NC(=O)N1. The molecule has 2 aromatic heterocycles. The summed E-state index contributed by atoms with van der Waals surface area (Å²) in [6.07, 6.45) is -0.175. The molecular formula is C25H22N6O4. The number of hydrogen-bond donors (Lipinski definition) is 3. The molecule has 1 aliphatic rings. The summed E-state index contributed by atoms with van der Waals surface area (Å²) in [4.78, 5) is 53.8. The first kappa shape index (κ1) is 22.1. The van der Waals surface area contributed by atoms with Crippen molar-refractivity contribution in [2.45, 2.75) is 25.6 Å². The Morgan fingerprint density at radius 3 is 2.14 bits per heavy atom. The number of rotatable bonds is 6. The molecule has 1 aliphatic heterocycles. The van der Waals surface area contributed by atoms with E-state index >= 15 is 0 Å². The first-order chi connectivity index (χ1) is 17.0. The van der Waals surface area contributed by atoms with E-state index in [1.807, 2.05) is 60.7 Å². The van der Waals surface area contributed by atoms with Crippen molar-refractivity contribution in [2.24, 2.45) is 0 Å². The maximum absolute atomic E-state index is 13.5. The van der Waals surface area contributed by atoms with Gasteiger partial charge in [-0.05, 0) is 23.3 Å². The maximum Gasteiger partial charge on any atom is 0.330 e. The maximum atomic E-state index is 13.5. The predicted molar refractivity (Wildman–Crippen MR) is 129 cm³/mol. The van der Waals surface area contributed by atoms with Crippen LogP contribution in [0.4, 0.5) is 10.6 Å². The molecule has 1 atom stereocenters. The Balaban J connectivity index is 1.51. The highest BCUT2D eigenvalue weighted by Gasteiger charge is 2.29.